The van der Waals surface area contributed by atoms with Crippen molar-refractivity contribution in [3.63, 3.8) is 0 Å². The number of aryl methyl sites for hydroxylation is 2. The summed E-state index contributed by atoms with van der Waals surface area (Å²) in [5.41, 5.74) is 5.10. The lowest BCUT2D eigenvalue weighted by atomic mass is 9.94. The van der Waals surface area contributed by atoms with Crippen molar-refractivity contribution in [2.75, 3.05) is 18.6 Å². The predicted molar refractivity (Wildman–Crippen MR) is 119 cm³/mol. The first-order valence-corrected chi connectivity index (χ1v) is 9.85. The Labute approximate surface area is 181 Å². The highest BCUT2D eigenvalue weighted by Crippen LogP contribution is 2.36. The average Bonchev–Trinajstić information content (AvgIpc) is 2.74. The van der Waals surface area contributed by atoms with Crippen LogP contribution < -0.4 is 15.0 Å². The van der Waals surface area contributed by atoms with Gasteiger partial charge in [-0.15, -0.1) is 0 Å². The summed E-state index contributed by atoms with van der Waals surface area (Å²) in [6, 6.07) is 14.8. The Kier molecular flexibility index (Phi) is 6.38. The number of hydrogen-bond acceptors (Lipinski definition) is 5. The number of methoxy groups -OCH3 is 1. The largest absolute Gasteiger partial charge is 0.479 e. The summed E-state index contributed by atoms with van der Waals surface area (Å²) in [4.78, 5) is 14.6. The van der Waals surface area contributed by atoms with E-state index in [1.54, 1.807) is 12.1 Å². The predicted octanol–water partition coefficient (Wildman–Crippen LogP) is 4.09. The molecule has 0 fully saturated rings. The Morgan fingerprint density at radius 3 is 2.53 bits per heavy atom. The number of anilines is 1. The minimum atomic E-state index is -0.462. The van der Waals surface area contributed by atoms with Crippen LogP contribution in [-0.4, -0.2) is 24.8 Å². The third-order valence-electron chi connectivity index (χ3n) is 5.01. The van der Waals surface area contributed by atoms with E-state index in [9.17, 15) is 4.79 Å². The lowest BCUT2D eigenvalue weighted by Gasteiger charge is -2.38. The number of carbonyl (C=O) groups excluding carboxylic acids is 1. The van der Waals surface area contributed by atoms with Gasteiger partial charge in [0.25, 0.3) is 0 Å². The van der Waals surface area contributed by atoms with Gasteiger partial charge >= 0.3 is 5.97 Å². The minimum Gasteiger partial charge on any atom is -0.479 e. The molecule has 30 heavy (non-hydrogen) atoms. The molecule has 1 aliphatic rings. The van der Waals surface area contributed by atoms with Crippen LogP contribution in [0, 0.1) is 25.2 Å². The van der Waals surface area contributed by atoms with Crippen LogP contribution in [0.15, 0.2) is 53.7 Å². The van der Waals surface area contributed by atoms with Crippen LogP contribution in [0.4, 0.5) is 5.69 Å². The van der Waals surface area contributed by atoms with E-state index in [1.807, 2.05) is 62.1 Å². The van der Waals surface area contributed by atoms with E-state index in [2.05, 4.69) is 5.32 Å². The molecule has 1 atom stereocenters. The van der Waals surface area contributed by atoms with E-state index in [-0.39, 0.29) is 6.61 Å². The molecule has 1 N–H and O–H groups in total. The van der Waals surface area contributed by atoms with Gasteiger partial charge in [-0.05, 0) is 67.9 Å². The molecular formula is C23H23N3O3S. The molecule has 0 aliphatic carbocycles. The van der Waals surface area contributed by atoms with Gasteiger partial charge in [0.1, 0.15) is 11.8 Å². The molecule has 0 saturated heterocycles. The Balaban J connectivity index is 2.07. The first-order valence-electron chi connectivity index (χ1n) is 9.44. The summed E-state index contributed by atoms with van der Waals surface area (Å²) in [5.74, 6) is 0.156. The molecule has 0 unspecified atom stereocenters. The van der Waals surface area contributed by atoms with Crippen LogP contribution in [0.2, 0.25) is 0 Å². The maximum Gasteiger partial charge on any atom is 0.337 e. The number of ether oxygens (including phenoxy) is 2. The van der Waals surface area contributed by atoms with E-state index in [1.165, 1.54) is 7.11 Å². The summed E-state index contributed by atoms with van der Waals surface area (Å²) in [5, 5.41) is 12.5. The van der Waals surface area contributed by atoms with E-state index < -0.39 is 12.0 Å². The molecule has 1 heterocycles. The molecule has 0 bridgehead atoms. The number of benzene rings is 2. The molecule has 7 heteroatoms. The topological polar surface area (TPSA) is 74.6 Å². The fourth-order valence-electron chi connectivity index (χ4n) is 3.49. The molecule has 0 spiro atoms. The number of carbonyl (C=O) groups is 1. The van der Waals surface area contributed by atoms with Crippen molar-refractivity contribution in [2.45, 2.75) is 26.8 Å². The highest BCUT2D eigenvalue weighted by molar-refractivity contribution is 7.80. The molecule has 1 aliphatic heterocycles. The second-order valence-corrected chi connectivity index (χ2v) is 7.40. The molecule has 6 nitrogen and oxygen atoms in total. The van der Waals surface area contributed by atoms with Crippen molar-refractivity contribution < 1.29 is 14.3 Å². The first-order chi connectivity index (χ1) is 14.4. The van der Waals surface area contributed by atoms with Crippen LogP contribution in [0.5, 0.6) is 5.75 Å². The van der Waals surface area contributed by atoms with Crippen LogP contribution in [0.3, 0.4) is 0 Å². The summed E-state index contributed by atoms with van der Waals surface area (Å²) in [6.45, 7) is 5.87. The number of thiocarbonyl (C=S) groups is 1. The third kappa shape index (κ3) is 4.14. The van der Waals surface area contributed by atoms with Gasteiger partial charge in [-0.25, -0.2) is 4.79 Å². The quantitative estimate of drug-likeness (QED) is 0.576. The van der Waals surface area contributed by atoms with Crippen molar-refractivity contribution in [3.05, 3.63) is 70.4 Å². The number of nitrogens with zero attached hydrogens (tertiary/aromatic N) is 2. The fourth-order valence-corrected chi connectivity index (χ4v) is 3.84. The van der Waals surface area contributed by atoms with Gasteiger partial charge < -0.3 is 14.8 Å². The number of nitriles is 1. The minimum absolute atomic E-state index is 0.0255. The summed E-state index contributed by atoms with van der Waals surface area (Å²) in [6.07, 6.45) is 0. The number of rotatable bonds is 5. The smallest absolute Gasteiger partial charge is 0.337 e. The second-order valence-electron chi connectivity index (χ2n) is 7.01. The SMILES string of the molecule is COC(=O)C1=C(C)N(c2cc(C)ccc2C)C(=S)N[C@H]1c1ccc(OCC#N)cc1. The van der Waals surface area contributed by atoms with Crippen LogP contribution >= 0.6 is 12.2 Å². The van der Waals surface area contributed by atoms with Crippen molar-refractivity contribution in [3.8, 4) is 11.8 Å². The number of hydrogen-bond donors (Lipinski definition) is 1. The van der Waals surface area contributed by atoms with Crippen molar-refractivity contribution in [1.82, 2.24) is 5.32 Å². The molecule has 0 radical (unpaired) electrons. The second kappa shape index (κ2) is 8.97. The Morgan fingerprint density at radius 1 is 1.20 bits per heavy atom. The highest BCUT2D eigenvalue weighted by atomic mass is 32.1. The van der Waals surface area contributed by atoms with E-state index in [0.717, 1.165) is 22.4 Å². The maximum atomic E-state index is 12.8. The van der Waals surface area contributed by atoms with Gasteiger partial charge in [0.15, 0.2) is 11.7 Å². The maximum absolute atomic E-state index is 12.8. The summed E-state index contributed by atoms with van der Waals surface area (Å²) in [7, 11) is 1.37. The van der Waals surface area contributed by atoms with Crippen molar-refractivity contribution in [2.24, 2.45) is 0 Å². The third-order valence-corrected chi connectivity index (χ3v) is 5.31. The van der Waals surface area contributed by atoms with Crippen LogP contribution in [-0.2, 0) is 9.53 Å². The molecule has 2 aromatic rings. The zero-order chi connectivity index (χ0) is 21.8. The molecule has 2 aromatic carbocycles. The zero-order valence-electron chi connectivity index (χ0n) is 17.4. The number of nitrogens with one attached hydrogen (secondary N) is 1. The van der Waals surface area contributed by atoms with E-state index in [4.69, 9.17) is 27.0 Å². The summed E-state index contributed by atoms with van der Waals surface area (Å²) < 4.78 is 10.4. The normalized spacial score (nSPS) is 16.0. The number of allylic oxidation sites excluding steroid dienone is 1. The van der Waals surface area contributed by atoms with Gasteiger partial charge in [-0.1, -0.05) is 24.3 Å². The van der Waals surface area contributed by atoms with Crippen LogP contribution in [0.1, 0.15) is 29.7 Å². The molecule has 0 saturated carbocycles. The van der Waals surface area contributed by atoms with Gasteiger partial charge in [-0.3, -0.25) is 4.90 Å². The van der Waals surface area contributed by atoms with Gasteiger partial charge in [0.05, 0.1) is 24.4 Å². The lowest BCUT2D eigenvalue weighted by Crippen LogP contribution is -2.48. The summed E-state index contributed by atoms with van der Waals surface area (Å²) >= 11 is 5.69. The van der Waals surface area contributed by atoms with Gasteiger partial charge in [0.2, 0.25) is 0 Å². The molecule has 0 aromatic heterocycles. The van der Waals surface area contributed by atoms with E-state index >= 15 is 0 Å². The molecule has 3 rings (SSSR count). The van der Waals surface area contributed by atoms with Crippen molar-refractivity contribution in [1.29, 1.82) is 5.26 Å². The van der Waals surface area contributed by atoms with Gasteiger partial charge in [0, 0.05) is 5.70 Å². The fraction of sp³-hybridized carbons (Fsp3) is 0.261. The molecular weight excluding hydrogens is 398 g/mol. The standard InChI is InChI=1S/C23H23N3O3S/c1-14-5-6-15(2)19(13-14)26-16(3)20(22(27)28-4)21(25-23(26)30)17-7-9-18(10-8-17)29-12-11-24/h5-10,13,21H,12H2,1-4H3,(H,25,30)/t21-/m0/s1. The molecule has 0 amide bonds. The van der Waals surface area contributed by atoms with Crippen molar-refractivity contribution >= 4 is 29.0 Å². The Hall–Kier alpha value is -3.37. The Morgan fingerprint density at radius 2 is 1.90 bits per heavy atom. The lowest BCUT2D eigenvalue weighted by molar-refractivity contribution is -0.136. The molecule has 154 valence electrons. The van der Waals surface area contributed by atoms with E-state index in [0.29, 0.717) is 22.1 Å². The monoisotopic (exact) mass is 421 g/mol. The average molecular weight is 422 g/mol. The van der Waals surface area contributed by atoms with Gasteiger partial charge in [-0.2, -0.15) is 5.26 Å². The Bertz CT molecular complexity index is 1050. The zero-order valence-corrected chi connectivity index (χ0v) is 18.2. The highest BCUT2D eigenvalue weighted by Gasteiger charge is 2.35. The first kappa shape index (κ1) is 21.3. The number of esters is 1. The van der Waals surface area contributed by atoms with Crippen LogP contribution in [0.25, 0.3) is 0 Å².